The standard InChI is InChI=1S/C52H29N3/c1-2-13-33(14-3-1)53-45-22-7-6-15-35(45)41-26-32(23-24-46(41)53)34-16-8-17-36-37-18-9-21-40-44-28-48-43(29-49(44)55(50(34)36)52(37)40)39-20-10-19-38-42-25-30-11-4-5-12-31(30)27-47(42)54(48)51(38)39/h1-29H. The molecular formula is C52H29N3. The van der Waals surface area contributed by atoms with Crippen molar-refractivity contribution < 1.29 is 0 Å². The largest absolute Gasteiger partial charge is 0.309 e. The maximum atomic E-state index is 2.57. The lowest BCUT2D eigenvalue weighted by Crippen LogP contribution is -1.93. The van der Waals surface area contributed by atoms with Crippen molar-refractivity contribution in [2.24, 2.45) is 0 Å². The first-order chi connectivity index (χ1) is 27.3. The fourth-order valence-corrected chi connectivity index (χ4v) is 10.4. The summed E-state index contributed by atoms with van der Waals surface area (Å²) >= 11 is 0. The number of para-hydroxylation sites is 5. The highest BCUT2D eigenvalue weighted by atomic mass is 15.0. The van der Waals surface area contributed by atoms with E-state index in [1.54, 1.807) is 0 Å². The van der Waals surface area contributed by atoms with Crippen molar-refractivity contribution in [2.75, 3.05) is 0 Å². The zero-order valence-corrected chi connectivity index (χ0v) is 29.6. The average molecular weight is 696 g/mol. The summed E-state index contributed by atoms with van der Waals surface area (Å²) in [4.78, 5) is 0. The van der Waals surface area contributed by atoms with Crippen molar-refractivity contribution in [3.8, 4) is 16.8 Å². The monoisotopic (exact) mass is 695 g/mol. The molecule has 0 bridgehead atoms. The van der Waals surface area contributed by atoms with Crippen LogP contribution in [0.15, 0.2) is 176 Å². The van der Waals surface area contributed by atoms with E-state index in [-0.39, 0.29) is 0 Å². The minimum Gasteiger partial charge on any atom is -0.309 e. The zero-order chi connectivity index (χ0) is 35.5. The summed E-state index contributed by atoms with van der Waals surface area (Å²) < 4.78 is 7.49. The Morgan fingerprint density at radius 2 is 0.782 bits per heavy atom. The van der Waals surface area contributed by atoms with Gasteiger partial charge in [-0.3, -0.25) is 0 Å². The molecule has 14 rings (SSSR count). The van der Waals surface area contributed by atoms with Crippen LogP contribution in [0, 0.1) is 0 Å². The summed E-state index contributed by atoms with van der Waals surface area (Å²) in [6.45, 7) is 0. The minimum absolute atomic E-state index is 1.18. The van der Waals surface area contributed by atoms with E-state index in [1.165, 1.54) is 126 Å². The molecule has 9 aromatic carbocycles. The van der Waals surface area contributed by atoms with Gasteiger partial charge in [0.25, 0.3) is 0 Å². The highest BCUT2D eigenvalue weighted by Gasteiger charge is 2.24. The van der Waals surface area contributed by atoms with Gasteiger partial charge in [0.2, 0.25) is 0 Å². The Morgan fingerprint density at radius 1 is 0.273 bits per heavy atom. The fourth-order valence-electron chi connectivity index (χ4n) is 10.4. The number of fused-ring (bicyclic) bond motifs is 16. The van der Waals surface area contributed by atoms with Crippen LogP contribution in [0.25, 0.3) is 126 Å². The SMILES string of the molecule is c1ccc(-n2c3ccccc3c3cc(-c4cccc5c6cccc7c8cc9c(cc8n(c45)c76)c4cccc5c6cc7ccccc7cc6n9c54)ccc32)cc1. The second-order valence-electron chi connectivity index (χ2n) is 15.3. The van der Waals surface area contributed by atoms with Gasteiger partial charge in [0.05, 0.1) is 44.1 Å². The van der Waals surface area contributed by atoms with Crippen LogP contribution in [-0.4, -0.2) is 13.4 Å². The summed E-state index contributed by atoms with van der Waals surface area (Å²) in [7, 11) is 0. The smallest absolute Gasteiger partial charge is 0.0620 e. The van der Waals surface area contributed by atoms with Crippen LogP contribution in [0.1, 0.15) is 0 Å². The number of benzene rings is 9. The predicted molar refractivity (Wildman–Crippen MR) is 233 cm³/mol. The second-order valence-corrected chi connectivity index (χ2v) is 15.3. The van der Waals surface area contributed by atoms with Gasteiger partial charge in [-0.2, -0.15) is 0 Å². The van der Waals surface area contributed by atoms with Crippen LogP contribution >= 0.6 is 0 Å². The minimum atomic E-state index is 1.18. The molecule has 0 saturated heterocycles. The Morgan fingerprint density at radius 3 is 1.55 bits per heavy atom. The van der Waals surface area contributed by atoms with E-state index in [0.29, 0.717) is 0 Å². The molecule has 55 heavy (non-hydrogen) atoms. The molecule has 0 radical (unpaired) electrons. The Kier molecular flexibility index (Phi) is 5.01. The molecule has 0 aliphatic heterocycles. The van der Waals surface area contributed by atoms with Gasteiger partial charge in [0.1, 0.15) is 0 Å². The second kappa shape index (κ2) is 9.79. The lowest BCUT2D eigenvalue weighted by molar-refractivity contribution is 1.18. The van der Waals surface area contributed by atoms with E-state index >= 15 is 0 Å². The molecule has 0 N–H and O–H groups in total. The van der Waals surface area contributed by atoms with Gasteiger partial charge in [0.15, 0.2) is 0 Å². The summed E-state index contributed by atoms with van der Waals surface area (Å²) in [6.07, 6.45) is 0. The van der Waals surface area contributed by atoms with E-state index in [1.807, 2.05) is 0 Å². The number of hydrogen-bond acceptors (Lipinski definition) is 0. The summed E-state index contributed by atoms with van der Waals surface area (Å²) in [5.41, 5.74) is 13.8. The van der Waals surface area contributed by atoms with Crippen LogP contribution in [0.2, 0.25) is 0 Å². The van der Waals surface area contributed by atoms with Gasteiger partial charge in [-0.1, -0.05) is 121 Å². The molecule has 0 atom stereocenters. The molecule has 0 fully saturated rings. The molecule has 5 aromatic heterocycles. The molecule has 14 aromatic rings. The normalized spacial score (nSPS) is 12.7. The third kappa shape index (κ3) is 3.39. The molecule has 0 spiro atoms. The van der Waals surface area contributed by atoms with Crippen molar-refractivity contribution >= 4 is 109 Å². The van der Waals surface area contributed by atoms with E-state index in [0.717, 1.165) is 0 Å². The summed E-state index contributed by atoms with van der Waals surface area (Å²) in [5, 5.41) is 15.5. The van der Waals surface area contributed by atoms with Crippen molar-refractivity contribution in [3.05, 3.63) is 176 Å². The van der Waals surface area contributed by atoms with Crippen LogP contribution in [0.5, 0.6) is 0 Å². The molecule has 0 amide bonds. The lowest BCUT2D eigenvalue weighted by Gasteiger charge is -2.09. The zero-order valence-electron chi connectivity index (χ0n) is 29.6. The fraction of sp³-hybridized carbons (Fsp3) is 0. The van der Waals surface area contributed by atoms with E-state index in [2.05, 4.69) is 189 Å². The highest BCUT2D eigenvalue weighted by Crippen LogP contribution is 2.47. The lowest BCUT2D eigenvalue weighted by atomic mass is 9.99. The van der Waals surface area contributed by atoms with E-state index < -0.39 is 0 Å². The molecule has 5 heterocycles. The van der Waals surface area contributed by atoms with Crippen molar-refractivity contribution in [2.45, 2.75) is 0 Å². The number of aromatic nitrogens is 3. The molecule has 3 heteroatoms. The Hall–Kier alpha value is -7.36. The first-order valence-electron chi connectivity index (χ1n) is 19.1. The van der Waals surface area contributed by atoms with Gasteiger partial charge >= 0.3 is 0 Å². The van der Waals surface area contributed by atoms with Gasteiger partial charge < -0.3 is 13.4 Å². The average Bonchev–Trinajstić information content (AvgIpc) is 4.02. The maximum Gasteiger partial charge on any atom is 0.0620 e. The molecule has 252 valence electrons. The van der Waals surface area contributed by atoms with Gasteiger partial charge in [0, 0.05) is 65.1 Å². The van der Waals surface area contributed by atoms with Crippen LogP contribution < -0.4 is 0 Å². The van der Waals surface area contributed by atoms with Crippen LogP contribution in [0.4, 0.5) is 0 Å². The number of rotatable bonds is 2. The molecule has 0 unspecified atom stereocenters. The maximum absolute atomic E-state index is 2.57. The first kappa shape index (κ1) is 28.2. The topological polar surface area (TPSA) is 13.8 Å². The Labute approximate surface area is 313 Å². The van der Waals surface area contributed by atoms with Gasteiger partial charge in [-0.05, 0) is 70.9 Å². The quantitative estimate of drug-likeness (QED) is 0.171. The molecule has 0 aliphatic carbocycles. The van der Waals surface area contributed by atoms with Crippen molar-refractivity contribution in [1.82, 2.24) is 13.4 Å². The third-order valence-corrected chi connectivity index (χ3v) is 12.6. The van der Waals surface area contributed by atoms with Gasteiger partial charge in [-0.25, -0.2) is 0 Å². The molecular weight excluding hydrogens is 667 g/mol. The van der Waals surface area contributed by atoms with Crippen molar-refractivity contribution in [3.63, 3.8) is 0 Å². The Bertz CT molecular complexity index is 3930. The number of hydrogen-bond donors (Lipinski definition) is 0. The highest BCUT2D eigenvalue weighted by molar-refractivity contribution is 6.30. The Balaban J connectivity index is 1.10. The molecule has 0 aliphatic rings. The van der Waals surface area contributed by atoms with E-state index in [4.69, 9.17) is 0 Å². The number of nitrogens with zero attached hydrogens (tertiary/aromatic N) is 3. The molecule has 3 nitrogen and oxygen atoms in total. The summed E-state index contributed by atoms with van der Waals surface area (Å²) in [5.74, 6) is 0. The third-order valence-electron chi connectivity index (χ3n) is 12.6. The van der Waals surface area contributed by atoms with E-state index in [9.17, 15) is 0 Å². The van der Waals surface area contributed by atoms with Crippen molar-refractivity contribution in [1.29, 1.82) is 0 Å². The van der Waals surface area contributed by atoms with Crippen LogP contribution in [0.3, 0.4) is 0 Å². The predicted octanol–water partition coefficient (Wildman–Crippen LogP) is 13.9. The summed E-state index contributed by atoms with van der Waals surface area (Å²) in [6, 6.07) is 65.6. The first-order valence-corrected chi connectivity index (χ1v) is 19.1. The van der Waals surface area contributed by atoms with Gasteiger partial charge in [-0.15, -0.1) is 0 Å². The van der Waals surface area contributed by atoms with Crippen LogP contribution in [-0.2, 0) is 0 Å². The molecule has 0 saturated carbocycles.